The van der Waals surface area contributed by atoms with Gasteiger partial charge in [-0.3, -0.25) is 0 Å². The number of rotatable bonds is 4. The van der Waals surface area contributed by atoms with Crippen molar-refractivity contribution < 1.29 is 0 Å². The van der Waals surface area contributed by atoms with Gasteiger partial charge in [-0.2, -0.15) is 0 Å². The first-order valence-corrected chi connectivity index (χ1v) is 5.98. The summed E-state index contributed by atoms with van der Waals surface area (Å²) in [4.78, 5) is 2.33. The zero-order valence-electron chi connectivity index (χ0n) is 11.2. The van der Waals surface area contributed by atoms with Gasteiger partial charge in [0, 0.05) is 18.8 Å². The highest BCUT2D eigenvalue weighted by Crippen LogP contribution is 2.25. The highest BCUT2D eigenvalue weighted by atomic mass is 15.1. The van der Waals surface area contributed by atoms with E-state index in [-0.39, 0.29) is 0 Å². The Hall–Kier alpha value is -1.02. The van der Waals surface area contributed by atoms with Gasteiger partial charge in [-0.1, -0.05) is 6.07 Å². The van der Waals surface area contributed by atoms with Crippen molar-refractivity contribution in [2.24, 2.45) is 5.73 Å². The van der Waals surface area contributed by atoms with Gasteiger partial charge in [0.05, 0.1) is 0 Å². The number of hydrogen-bond acceptors (Lipinski definition) is 2. The first-order valence-electron chi connectivity index (χ1n) is 5.98. The molecule has 0 spiro atoms. The van der Waals surface area contributed by atoms with Gasteiger partial charge < -0.3 is 10.6 Å². The van der Waals surface area contributed by atoms with E-state index in [9.17, 15) is 0 Å². The maximum absolute atomic E-state index is 5.61. The van der Waals surface area contributed by atoms with Gasteiger partial charge in [0.1, 0.15) is 0 Å². The normalized spacial score (nSPS) is 12.6. The molecule has 0 aliphatic rings. The highest BCUT2D eigenvalue weighted by molar-refractivity contribution is 5.56. The molecule has 0 saturated heterocycles. The Bertz CT molecular complexity index is 358. The maximum Gasteiger partial charge on any atom is 0.0398 e. The Labute approximate surface area is 99.5 Å². The fraction of sp³-hybridized carbons (Fsp3) is 0.571. The molecule has 0 radical (unpaired) electrons. The van der Waals surface area contributed by atoms with Crippen molar-refractivity contribution in [2.45, 2.75) is 40.2 Å². The molecule has 0 fully saturated rings. The van der Waals surface area contributed by atoms with Gasteiger partial charge in [0.15, 0.2) is 0 Å². The molecule has 0 saturated carbocycles. The average Bonchev–Trinajstić information content (AvgIpc) is 2.23. The summed E-state index contributed by atoms with van der Waals surface area (Å²) < 4.78 is 0. The van der Waals surface area contributed by atoms with Gasteiger partial charge in [-0.05, 0) is 63.4 Å². The monoisotopic (exact) mass is 220 g/mol. The van der Waals surface area contributed by atoms with Crippen LogP contribution >= 0.6 is 0 Å². The Morgan fingerprint density at radius 2 is 1.69 bits per heavy atom. The third-order valence-corrected chi connectivity index (χ3v) is 3.44. The molecular formula is C14H24N2. The Balaban J connectivity index is 2.99. The van der Waals surface area contributed by atoms with Crippen LogP contribution in [0.3, 0.4) is 0 Å². The summed E-state index contributed by atoms with van der Waals surface area (Å²) in [5.74, 6) is 0. The molecule has 0 aliphatic heterocycles. The second-order valence-corrected chi connectivity index (χ2v) is 4.76. The van der Waals surface area contributed by atoms with Crippen molar-refractivity contribution in [1.29, 1.82) is 0 Å². The Morgan fingerprint density at radius 3 is 2.25 bits per heavy atom. The summed E-state index contributed by atoms with van der Waals surface area (Å²) in [5.41, 5.74) is 11.0. The first kappa shape index (κ1) is 13.0. The number of anilines is 1. The van der Waals surface area contributed by atoms with Gasteiger partial charge >= 0.3 is 0 Å². The molecule has 2 heteroatoms. The minimum atomic E-state index is 0.491. The molecule has 2 nitrogen and oxygen atoms in total. The van der Waals surface area contributed by atoms with Gasteiger partial charge in [0.2, 0.25) is 0 Å². The molecule has 0 aromatic heterocycles. The zero-order chi connectivity index (χ0) is 12.3. The average molecular weight is 220 g/mol. The molecule has 1 rings (SSSR count). The predicted octanol–water partition coefficient (Wildman–Crippen LogP) is 2.79. The van der Waals surface area contributed by atoms with Crippen LogP contribution in [-0.2, 0) is 0 Å². The van der Waals surface area contributed by atoms with Crippen LogP contribution in [0.5, 0.6) is 0 Å². The van der Waals surface area contributed by atoms with E-state index in [2.05, 4.69) is 51.8 Å². The maximum atomic E-state index is 5.61. The summed E-state index contributed by atoms with van der Waals surface area (Å²) in [7, 11) is 2.15. The lowest BCUT2D eigenvalue weighted by atomic mass is 10.0. The molecule has 1 aromatic carbocycles. The third-order valence-electron chi connectivity index (χ3n) is 3.44. The summed E-state index contributed by atoms with van der Waals surface area (Å²) >= 11 is 0. The molecule has 1 atom stereocenters. The quantitative estimate of drug-likeness (QED) is 0.845. The van der Waals surface area contributed by atoms with E-state index in [4.69, 9.17) is 5.73 Å². The van der Waals surface area contributed by atoms with Crippen LogP contribution in [0.4, 0.5) is 5.69 Å². The smallest absolute Gasteiger partial charge is 0.0398 e. The number of benzene rings is 1. The summed E-state index contributed by atoms with van der Waals surface area (Å²) in [6.07, 6.45) is 1.03. The van der Waals surface area contributed by atoms with Crippen LogP contribution in [0.2, 0.25) is 0 Å². The summed E-state index contributed by atoms with van der Waals surface area (Å²) in [5, 5.41) is 0. The minimum absolute atomic E-state index is 0.491. The van der Waals surface area contributed by atoms with E-state index in [1.807, 2.05) is 0 Å². The van der Waals surface area contributed by atoms with Gasteiger partial charge in [0.25, 0.3) is 0 Å². The molecule has 0 aliphatic carbocycles. The van der Waals surface area contributed by atoms with Crippen LogP contribution in [0.1, 0.15) is 30.0 Å². The Morgan fingerprint density at radius 1 is 1.12 bits per heavy atom. The first-order chi connectivity index (χ1) is 7.47. The molecule has 90 valence electrons. The number of nitrogens with zero attached hydrogens (tertiary/aromatic N) is 1. The van der Waals surface area contributed by atoms with Crippen LogP contribution < -0.4 is 10.6 Å². The fourth-order valence-electron chi connectivity index (χ4n) is 2.00. The fourth-order valence-corrected chi connectivity index (χ4v) is 2.00. The topological polar surface area (TPSA) is 29.3 Å². The van der Waals surface area contributed by atoms with Crippen LogP contribution in [0.25, 0.3) is 0 Å². The lowest BCUT2D eigenvalue weighted by Gasteiger charge is -2.29. The Kier molecular flexibility index (Phi) is 4.36. The van der Waals surface area contributed by atoms with Crippen LogP contribution in [0, 0.1) is 20.8 Å². The second-order valence-electron chi connectivity index (χ2n) is 4.76. The molecule has 0 amide bonds. The minimum Gasteiger partial charge on any atom is -0.372 e. The third kappa shape index (κ3) is 2.76. The van der Waals surface area contributed by atoms with Crippen molar-refractivity contribution in [1.82, 2.24) is 0 Å². The van der Waals surface area contributed by atoms with Crippen molar-refractivity contribution in [2.75, 3.05) is 18.5 Å². The molecular weight excluding hydrogens is 196 g/mol. The van der Waals surface area contributed by atoms with Crippen molar-refractivity contribution in [3.8, 4) is 0 Å². The van der Waals surface area contributed by atoms with Gasteiger partial charge in [-0.15, -0.1) is 0 Å². The molecule has 0 heterocycles. The SMILES string of the molecule is Cc1cc(C)c(N(C)C(C)CCN)cc1C. The number of aryl methyl sites for hydroxylation is 3. The van der Waals surface area contributed by atoms with Gasteiger partial charge in [-0.25, -0.2) is 0 Å². The lowest BCUT2D eigenvalue weighted by molar-refractivity contribution is 0.634. The predicted molar refractivity (Wildman–Crippen MR) is 72.2 cm³/mol. The van der Waals surface area contributed by atoms with E-state index in [0.717, 1.165) is 13.0 Å². The van der Waals surface area contributed by atoms with E-state index >= 15 is 0 Å². The lowest BCUT2D eigenvalue weighted by Crippen LogP contribution is -2.31. The molecule has 2 N–H and O–H groups in total. The van der Waals surface area contributed by atoms with Crippen molar-refractivity contribution >= 4 is 5.69 Å². The number of nitrogens with two attached hydrogens (primary N) is 1. The van der Waals surface area contributed by atoms with E-state index in [0.29, 0.717) is 6.04 Å². The molecule has 0 bridgehead atoms. The molecule has 1 unspecified atom stereocenters. The highest BCUT2D eigenvalue weighted by Gasteiger charge is 2.12. The van der Waals surface area contributed by atoms with E-state index < -0.39 is 0 Å². The molecule has 16 heavy (non-hydrogen) atoms. The second kappa shape index (κ2) is 5.35. The summed E-state index contributed by atoms with van der Waals surface area (Å²) in [6, 6.07) is 5.03. The summed E-state index contributed by atoms with van der Waals surface area (Å²) in [6.45, 7) is 9.47. The standard InChI is InChI=1S/C14H24N2/c1-10-8-12(3)14(9-11(10)2)16(5)13(4)6-7-15/h8-9,13H,6-7,15H2,1-5H3. The zero-order valence-corrected chi connectivity index (χ0v) is 11.2. The van der Waals surface area contributed by atoms with Crippen LogP contribution in [-0.4, -0.2) is 19.6 Å². The van der Waals surface area contributed by atoms with E-state index in [1.54, 1.807) is 0 Å². The number of hydrogen-bond donors (Lipinski definition) is 1. The molecule has 1 aromatic rings. The van der Waals surface area contributed by atoms with Crippen molar-refractivity contribution in [3.63, 3.8) is 0 Å². The van der Waals surface area contributed by atoms with E-state index in [1.165, 1.54) is 22.4 Å². The van der Waals surface area contributed by atoms with Crippen molar-refractivity contribution in [3.05, 3.63) is 28.8 Å². The largest absolute Gasteiger partial charge is 0.372 e. The van der Waals surface area contributed by atoms with Crippen LogP contribution in [0.15, 0.2) is 12.1 Å².